The molecule has 2 rings (SSSR count). The van der Waals surface area contributed by atoms with Gasteiger partial charge in [-0.15, -0.1) is 0 Å². The Balaban J connectivity index is 1.91. The highest BCUT2D eigenvalue weighted by Gasteiger charge is 2.33. The first-order valence-corrected chi connectivity index (χ1v) is 7.15. The number of nitrogens with zero attached hydrogens (tertiary/aromatic N) is 1. The van der Waals surface area contributed by atoms with Crippen molar-refractivity contribution in [2.45, 2.75) is 58.0 Å². The van der Waals surface area contributed by atoms with Crippen molar-refractivity contribution in [2.75, 3.05) is 20.1 Å². The summed E-state index contributed by atoms with van der Waals surface area (Å²) in [5.74, 6) is 1.90. The standard InChI is InChI=1S/C14H28N2/c1-4-12-8-14(15-3)10-16(9-12)11(2)13-6-5-7-13/h11-15H,4-10H2,1-3H3. The fourth-order valence-corrected chi connectivity index (χ4v) is 3.30. The van der Waals surface area contributed by atoms with E-state index in [1.807, 2.05) is 0 Å². The smallest absolute Gasteiger partial charge is 0.0195 e. The highest BCUT2D eigenvalue weighted by molar-refractivity contribution is 4.89. The van der Waals surface area contributed by atoms with E-state index < -0.39 is 0 Å². The third kappa shape index (κ3) is 2.60. The summed E-state index contributed by atoms with van der Waals surface area (Å²) in [6.07, 6.45) is 7.12. The molecule has 0 aromatic rings. The summed E-state index contributed by atoms with van der Waals surface area (Å²) in [6, 6.07) is 1.54. The Morgan fingerprint density at radius 3 is 2.56 bits per heavy atom. The van der Waals surface area contributed by atoms with Crippen LogP contribution in [0.2, 0.25) is 0 Å². The normalized spacial score (nSPS) is 34.7. The van der Waals surface area contributed by atoms with Gasteiger partial charge < -0.3 is 5.32 Å². The molecule has 1 aliphatic carbocycles. The lowest BCUT2D eigenvalue weighted by atomic mass is 9.78. The zero-order chi connectivity index (χ0) is 11.5. The lowest BCUT2D eigenvalue weighted by molar-refractivity contribution is 0.0522. The lowest BCUT2D eigenvalue weighted by Crippen LogP contribution is -2.53. The van der Waals surface area contributed by atoms with Crippen molar-refractivity contribution in [2.24, 2.45) is 11.8 Å². The first kappa shape index (κ1) is 12.4. The third-order valence-electron chi connectivity index (χ3n) is 4.96. The number of nitrogens with one attached hydrogen (secondary N) is 1. The molecule has 1 saturated heterocycles. The summed E-state index contributed by atoms with van der Waals surface area (Å²) < 4.78 is 0. The summed E-state index contributed by atoms with van der Waals surface area (Å²) in [6.45, 7) is 7.40. The van der Waals surface area contributed by atoms with Crippen molar-refractivity contribution < 1.29 is 0 Å². The Hall–Kier alpha value is -0.0800. The van der Waals surface area contributed by atoms with E-state index in [0.29, 0.717) is 0 Å². The van der Waals surface area contributed by atoms with Crippen LogP contribution in [-0.2, 0) is 0 Å². The maximum absolute atomic E-state index is 3.49. The average Bonchev–Trinajstić information content (AvgIpc) is 2.26. The highest BCUT2D eigenvalue weighted by atomic mass is 15.2. The molecule has 1 saturated carbocycles. The predicted octanol–water partition coefficient (Wildman–Crippen LogP) is 2.49. The highest BCUT2D eigenvalue weighted by Crippen LogP contribution is 2.34. The molecule has 2 aliphatic rings. The van der Waals surface area contributed by atoms with Gasteiger partial charge >= 0.3 is 0 Å². The quantitative estimate of drug-likeness (QED) is 0.789. The van der Waals surface area contributed by atoms with Crippen molar-refractivity contribution in [3.63, 3.8) is 0 Å². The van der Waals surface area contributed by atoms with E-state index in [-0.39, 0.29) is 0 Å². The van der Waals surface area contributed by atoms with E-state index in [1.165, 1.54) is 45.2 Å². The van der Waals surface area contributed by atoms with Gasteiger partial charge in [0.25, 0.3) is 0 Å². The van der Waals surface area contributed by atoms with Crippen molar-refractivity contribution >= 4 is 0 Å². The van der Waals surface area contributed by atoms with Gasteiger partial charge in [0.15, 0.2) is 0 Å². The summed E-state index contributed by atoms with van der Waals surface area (Å²) in [5, 5.41) is 3.49. The molecule has 16 heavy (non-hydrogen) atoms. The van der Waals surface area contributed by atoms with Gasteiger partial charge in [-0.3, -0.25) is 4.90 Å². The number of piperidine rings is 1. The monoisotopic (exact) mass is 224 g/mol. The van der Waals surface area contributed by atoms with Crippen molar-refractivity contribution in [1.82, 2.24) is 10.2 Å². The fraction of sp³-hybridized carbons (Fsp3) is 1.00. The molecular weight excluding hydrogens is 196 g/mol. The summed E-state index contributed by atoms with van der Waals surface area (Å²) in [4.78, 5) is 2.75. The van der Waals surface area contributed by atoms with E-state index in [1.54, 1.807) is 0 Å². The fourth-order valence-electron chi connectivity index (χ4n) is 3.30. The summed E-state index contributed by atoms with van der Waals surface area (Å²) >= 11 is 0. The van der Waals surface area contributed by atoms with Crippen LogP contribution >= 0.6 is 0 Å². The second-order valence-corrected chi connectivity index (χ2v) is 5.88. The number of likely N-dealkylation sites (tertiary alicyclic amines) is 1. The molecule has 3 unspecified atom stereocenters. The second-order valence-electron chi connectivity index (χ2n) is 5.88. The van der Waals surface area contributed by atoms with Crippen LogP contribution in [-0.4, -0.2) is 37.1 Å². The number of likely N-dealkylation sites (N-methyl/N-ethyl adjacent to an activating group) is 1. The minimum Gasteiger partial charge on any atom is -0.316 e. The maximum Gasteiger partial charge on any atom is 0.0195 e. The summed E-state index contributed by atoms with van der Waals surface area (Å²) in [5.41, 5.74) is 0. The molecule has 3 atom stereocenters. The van der Waals surface area contributed by atoms with Gasteiger partial charge in [0.1, 0.15) is 0 Å². The maximum atomic E-state index is 3.49. The Kier molecular flexibility index (Phi) is 4.26. The van der Waals surface area contributed by atoms with Crippen LogP contribution in [0.3, 0.4) is 0 Å². The molecule has 0 bridgehead atoms. The Morgan fingerprint density at radius 2 is 2.06 bits per heavy atom. The van der Waals surface area contributed by atoms with Crippen LogP contribution in [0.5, 0.6) is 0 Å². The molecule has 2 heteroatoms. The first-order valence-electron chi connectivity index (χ1n) is 7.15. The second kappa shape index (κ2) is 5.50. The largest absolute Gasteiger partial charge is 0.316 e. The van der Waals surface area contributed by atoms with Gasteiger partial charge in [-0.05, 0) is 45.1 Å². The first-order chi connectivity index (χ1) is 7.74. The molecule has 0 spiro atoms. The molecule has 0 amide bonds. The zero-order valence-electron chi connectivity index (χ0n) is 11.2. The number of hydrogen-bond donors (Lipinski definition) is 1. The van der Waals surface area contributed by atoms with Crippen LogP contribution in [0.4, 0.5) is 0 Å². The average molecular weight is 224 g/mol. The molecule has 1 heterocycles. The van der Waals surface area contributed by atoms with Gasteiger partial charge in [-0.1, -0.05) is 19.8 Å². The number of hydrogen-bond acceptors (Lipinski definition) is 2. The van der Waals surface area contributed by atoms with Crippen molar-refractivity contribution in [3.05, 3.63) is 0 Å². The van der Waals surface area contributed by atoms with Gasteiger partial charge in [0.05, 0.1) is 0 Å². The predicted molar refractivity (Wildman–Crippen MR) is 69.6 cm³/mol. The van der Waals surface area contributed by atoms with E-state index in [9.17, 15) is 0 Å². The van der Waals surface area contributed by atoms with Crippen LogP contribution in [0.15, 0.2) is 0 Å². The molecule has 2 fully saturated rings. The van der Waals surface area contributed by atoms with E-state index in [4.69, 9.17) is 0 Å². The van der Waals surface area contributed by atoms with Crippen molar-refractivity contribution in [1.29, 1.82) is 0 Å². The topological polar surface area (TPSA) is 15.3 Å². The minimum atomic E-state index is 0.723. The lowest BCUT2D eigenvalue weighted by Gasteiger charge is -2.45. The minimum absolute atomic E-state index is 0.723. The molecule has 0 aromatic heterocycles. The summed E-state index contributed by atoms with van der Waals surface area (Å²) in [7, 11) is 2.12. The van der Waals surface area contributed by atoms with E-state index in [2.05, 4.69) is 31.1 Å². The molecule has 1 aliphatic heterocycles. The molecule has 0 aromatic carbocycles. The van der Waals surface area contributed by atoms with Crippen LogP contribution in [0, 0.1) is 11.8 Å². The van der Waals surface area contributed by atoms with Gasteiger partial charge in [0.2, 0.25) is 0 Å². The van der Waals surface area contributed by atoms with E-state index >= 15 is 0 Å². The molecule has 0 radical (unpaired) electrons. The Labute approximate surface area is 101 Å². The molecule has 1 N–H and O–H groups in total. The zero-order valence-corrected chi connectivity index (χ0v) is 11.2. The van der Waals surface area contributed by atoms with Gasteiger partial charge in [-0.25, -0.2) is 0 Å². The molecular formula is C14H28N2. The third-order valence-corrected chi connectivity index (χ3v) is 4.96. The van der Waals surface area contributed by atoms with Crippen LogP contribution in [0.25, 0.3) is 0 Å². The van der Waals surface area contributed by atoms with Gasteiger partial charge in [-0.2, -0.15) is 0 Å². The Bertz CT molecular complexity index is 201. The van der Waals surface area contributed by atoms with Crippen molar-refractivity contribution in [3.8, 4) is 0 Å². The molecule has 2 nitrogen and oxygen atoms in total. The molecule has 94 valence electrons. The van der Waals surface area contributed by atoms with Gasteiger partial charge in [0, 0.05) is 25.2 Å². The van der Waals surface area contributed by atoms with E-state index in [0.717, 1.165) is 23.9 Å². The SMILES string of the molecule is CCC1CC(NC)CN(C(C)C2CCC2)C1. The number of rotatable bonds is 4. The Morgan fingerprint density at radius 1 is 1.31 bits per heavy atom. The van der Waals surface area contributed by atoms with Crippen LogP contribution in [0.1, 0.15) is 46.0 Å². The van der Waals surface area contributed by atoms with Crippen LogP contribution < -0.4 is 5.32 Å².